The van der Waals surface area contributed by atoms with E-state index in [-0.39, 0.29) is 11.7 Å². The smallest absolute Gasteiger partial charge is 0.296 e. The molecular formula is C13H13N3O2S. The zero-order valence-corrected chi connectivity index (χ0v) is 11.2. The Morgan fingerprint density at radius 3 is 3.05 bits per heavy atom. The lowest BCUT2D eigenvalue weighted by Crippen LogP contribution is -2.35. The topological polar surface area (TPSA) is 72.4 Å². The molecule has 3 rings (SSSR count). The number of carbonyl (C=O) groups excluding carboxylic acids is 1. The molecule has 19 heavy (non-hydrogen) atoms. The van der Waals surface area contributed by atoms with Crippen molar-refractivity contribution in [1.82, 2.24) is 5.16 Å². The maximum Gasteiger partial charge on any atom is 0.296 e. The van der Waals surface area contributed by atoms with Gasteiger partial charge in [0.05, 0.1) is 11.4 Å². The van der Waals surface area contributed by atoms with E-state index in [2.05, 4.69) is 5.16 Å². The van der Waals surface area contributed by atoms with Gasteiger partial charge in [-0.15, -0.1) is 11.8 Å². The molecule has 2 N–H and O–H groups in total. The van der Waals surface area contributed by atoms with E-state index in [1.807, 2.05) is 18.2 Å². The van der Waals surface area contributed by atoms with Crippen molar-refractivity contribution in [2.24, 2.45) is 0 Å². The van der Waals surface area contributed by atoms with Gasteiger partial charge in [0.15, 0.2) is 0 Å². The number of aromatic nitrogens is 1. The summed E-state index contributed by atoms with van der Waals surface area (Å²) in [5.41, 5.74) is 7.99. The van der Waals surface area contributed by atoms with Crippen LogP contribution in [-0.4, -0.2) is 23.4 Å². The van der Waals surface area contributed by atoms with Crippen molar-refractivity contribution in [1.29, 1.82) is 0 Å². The molecule has 0 saturated carbocycles. The highest BCUT2D eigenvalue weighted by Gasteiger charge is 2.26. The van der Waals surface area contributed by atoms with Crippen molar-refractivity contribution >= 4 is 29.0 Å². The molecule has 6 heteroatoms. The molecule has 1 aliphatic heterocycles. The number of hydrogen-bond acceptors (Lipinski definition) is 5. The van der Waals surface area contributed by atoms with Crippen LogP contribution in [0.5, 0.6) is 0 Å². The van der Waals surface area contributed by atoms with E-state index >= 15 is 0 Å². The van der Waals surface area contributed by atoms with Crippen LogP contribution >= 0.6 is 11.8 Å². The molecule has 98 valence electrons. The lowest BCUT2D eigenvalue weighted by Gasteiger charge is -2.28. The number of nitrogens with zero attached hydrogens (tertiary/aromatic N) is 2. The van der Waals surface area contributed by atoms with Crippen molar-refractivity contribution < 1.29 is 9.32 Å². The first kappa shape index (κ1) is 12.1. The first-order valence-electron chi connectivity index (χ1n) is 5.92. The third-order valence-electron chi connectivity index (χ3n) is 2.93. The highest BCUT2D eigenvalue weighted by Crippen LogP contribution is 2.36. The lowest BCUT2D eigenvalue weighted by atomic mass is 10.2. The third kappa shape index (κ3) is 2.19. The van der Waals surface area contributed by atoms with E-state index in [0.717, 1.165) is 16.3 Å². The molecule has 2 aromatic rings. The Morgan fingerprint density at radius 2 is 2.32 bits per heavy atom. The number of benzene rings is 1. The molecule has 0 unspecified atom stereocenters. The molecule has 0 bridgehead atoms. The molecule has 1 amide bonds. The molecule has 0 aliphatic carbocycles. The predicted molar refractivity (Wildman–Crippen MR) is 74.5 cm³/mol. The number of fused-ring (bicyclic) bond motifs is 1. The zero-order chi connectivity index (χ0) is 13.4. The molecule has 0 spiro atoms. The number of thioether (sulfide) groups is 1. The van der Waals surface area contributed by atoms with E-state index in [9.17, 15) is 4.79 Å². The summed E-state index contributed by atoms with van der Waals surface area (Å²) >= 11 is 1.72. The van der Waals surface area contributed by atoms with E-state index in [1.165, 1.54) is 0 Å². The number of nitrogens with two attached hydrogens (primary N) is 1. The number of aryl methyl sites for hydroxylation is 1. The van der Waals surface area contributed by atoms with Gasteiger partial charge in [-0.05, 0) is 25.1 Å². The van der Waals surface area contributed by atoms with Crippen molar-refractivity contribution in [2.45, 2.75) is 11.8 Å². The average molecular weight is 275 g/mol. The second kappa shape index (κ2) is 4.62. The fourth-order valence-corrected chi connectivity index (χ4v) is 3.02. The number of hydrogen-bond donors (Lipinski definition) is 1. The average Bonchev–Trinajstić information content (AvgIpc) is 2.84. The van der Waals surface area contributed by atoms with Crippen LogP contribution in [0, 0.1) is 6.92 Å². The number of anilines is 2. The first-order valence-corrected chi connectivity index (χ1v) is 6.91. The molecule has 0 atom stereocenters. The van der Waals surface area contributed by atoms with Crippen LogP contribution < -0.4 is 10.6 Å². The Hall–Kier alpha value is -1.95. The normalized spacial score (nSPS) is 14.3. The van der Waals surface area contributed by atoms with Gasteiger partial charge in [0.2, 0.25) is 5.76 Å². The van der Waals surface area contributed by atoms with Crippen molar-refractivity contribution in [2.75, 3.05) is 22.9 Å². The molecule has 1 aromatic carbocycles. The molecule has 0 saturated heterocycles. The monoisotopic (exact) mass is 275 g/mol. The Balaban J connectivity index is 1.99. The van der Waals surface area contributed by atoms with Crippen LogP contribution in [0.25, 0.3) is 0 Å². The minimum Gasteiger partial charge on any atom is -0.399 e. The molecule has 1 aliphatic rings. The van der Waals surface area contributed by atoms with Crippen molar-refractivity contribution in [3.8, 4) is 0 Å². The Kier molecular flexibility index (Phi) is 2.94. The summed E-state index contributed by atoms with van der Waals surface area (Å²) in [6, 6.07) is 7.26. The van der Waals surface area contributed by atoms with E-state index in [0.29, 0.717) is 17.9 Å². The first-order chi connectivity index (χ1) is 9.15. The van der Waals surface area contributed by atoms with Gasteiger partial charge in [0.1, 0.15) is 0 Å². The Labute approximate surface area is 114 Å². The SMILES string of the molecule is Cc1cc(C(=O)N2CCSc3ccc(N)cc32)on1. The molecule has 2 heterocycles. The van der Waals surface area contributed by atoms with Gasteiger partial charge < -0.3 is 15.2 Å². The maximum absolute atomic E-state index is 12.4. The van der Waals surface area contributed by atoms with E-state index in [1.54, 1.807) is 29.7 Å². The second-order valence-electron chi connectivity index (χ2n) is 4.36. The van der Waals surface area contributed by atoms with Gasteiger partial charge in [-0.25, -0.2) is 0 Å². The fourth-order valence-electron chi connectivity index (χ4n) is 2.04. The summed E-state index contributed by atoms with van der Waals surface area (Å²) in [4.78, 5) is 15.2. The highest BCUT2D eigenvalue weighted by atomic mass is 32.2. The molecule has 1 aromatic heterocycles. The zero-order valence-electron chi connectivity index (χ0n) is 10.4. The standard InChI is InChI=1S/C13H13N3O2S/c1-8-6-11(18-15-8)13(17)16-4-5-19-12-3-2-9(14)7-10(12)16/h2-3,6-7H,4-5,14H2,1H3. The molecule has 5 nitrogen and oxygen atoms in total. The van der Waals surface area contributed by atoms with Gasteiger partial charge in [-0.2, -0.15) is 0 Å². The summed E-state index contributed by atoms with van der Waals surface area (Å²) in [5, 5.41) is 3.75. The third-order valence-corrected chi connectivity index (χ3v) is 3.97. The number of nitrogen functional groups attached to an aromatic ring is 1. The Bertz CT molecular complexity index is 639. The van der Waals surface area contributed by atoms with Crippen LogP contribution in [0.4, 0.5) is 11.4 Å². The number of amides is 1. The predicted octanol–water partition coefficient (Wildman–Crippen LogP) is 2.32. The fraction of sp³-hybridized carbons (Fsp3) is 0.231. The quantitative estimate of drug-likeness (QED) is 0.809. The van der Waals surface area contributed by atoms with E-state index in [4.69, 9.17) is 10.3 Å². The van der Waals surface area contributed by atoms with E-state index < -0.39 is 0 Å². The van der Waals surface area contributed by atoms with Crippen molar-refractivity contribution in [3.05, 3.63) is 35.7 Å². The number of carbonyl (C=O) groups is 1. The highest BCUT2D eigenvalue weighted by molar-refractivity contribution is 7.99. The van der Waals surface area contributed by atoms with Gasteiger partial charge in [-0.3, -0.25) is 4.79 Å². The summed E-state index contributed by atoms with van der Waals surface area (Å²) < 4.78 is 5.05. The Morgan fingerprint density at radius 1 is 1.47 bits per heavy atom. The van der Waals surface area contributed by atoms with Crippen LogP contribution in [0.2, 0.25) is 0 Å². The summed E-state index contributed by atoms with van der Waals surface area (Å²) in [5.74, 6) is 0.945. The lowest BCUT2D eigenvalue weighted by molar-refractivity contribution is 0.0952. The van der Waals surface area contributed by atoms with Crippen LogP contribution in [0.1, 0.15) is 16.2 Å². The van der Waals surface area contributed by atoms with Gasteiger partial charge in [0.25, 0.3) is 5.91 Å². The minimum absolute atomic E-state index is 0.173. The van der Waals surface area contributed by atoms with Crippen molar-refractivity contribution in [3.63, 3.8) is 0 Å². The largest absolute Gasteiger partial charge is 0.399 e. The van der Waals surface area contributed by atoms with Crippen LogP contribution in [0.15, 0.2) is 33.7 Å². The van der Waals surface area contributed by atoms with Crippen LogP contribution in [-0.2, 0) is 0 Å². The molecule has 0 fully saturated rings. The van der Waals surface area contributed by atoms with Gasteiger partial charge in [-0.1, -0.05) is 5.16 Å². The van der Waals surface area contributed by atoms with Gasteiger partial charge in [0, 0.05) is 28.9 Å². The van der Waals surface area contributed by atoms with Gasteiger partial charge >= 0.3 is 0 Å². The summed E-state index contributed by atoms with van der Waals surface area (Å²) in [6.07, 6.45) is 0. The summed E-state index contributed by atoms with van der Waals surface area (Å²) in [7, 11) is 0. The molecule has 0 radical (unpaired) electrons. The summed E-state index contributed by atoms with van der Waals surface area (Å²) in [6.45, 7) is 2.43. The maximum atomic E-state index is 12.4. The van der Waals surface area contributed by atoms with Crippen LogP contribution in [0.3, 0.4) is 0 Å². The second-order valence-corrected chi connectivity index (χ2v) is 5.50. The number of rotatable bonds is 1. The molecular weight excluding hydrogens is 262 g/mol. The minimum atomic E-state index is -0.173.